The lowest BCUT2D eigenvalue weighted by molar-refractivity contribution is -0.139. The number of aliphatic carboxylic acids is 1. The molecule has 0 radical (unpaired) electrons. The average molecular weight is 431 g/mol. The quantitative estimate of drug-likeness (QED) is 0.420. The Bertz CT molecular complexity index is 1180. The summed E-state index contributed by atoms with van der Waals surface area (Å²) >= 11 is 0. The van der Waals surface area contributed by atoms with E-state index in [1.165, 1.54) is 0 Å². The highest BCUT2D eigenvalue weighted by atomic mass is 16.4. The van der Waals surface area contributed by atoms with Crippen LogP contribution in [0.4, 0.5) is 5.69 Å². The van der Waals surface area contributed by atoms with Gasteiger partial charge in [0.05, 0.1) is 0 Å². The van der Waals surface area contributed by atoms with Gasteiger partial charge in [-0.3, -0.25) is 4.79 Å². The molecule has 5 nitrogen and oxygen atoms in total. The number of allylic oxidation sites excluding steroid dienone is 1. The summed E-state index contributed by atoms with van der Waals surface area (Å²) in [4.78, 5) is 24.9. The number of carbonyl (C=O) groups excluding carboxylic acids is 1. The number of carboxylic acids is 1. The lowest BCUT2D eigenvalue weighted by Gasteiger charge is -2.21. The van der Waals surface area contributed by atoms with E-state index in [2.05, 4.69) is 10.6 Å². The second-order valence-corrected chi connectivity index (χ2v) is 8.19. The van der Waals surface area contributed by atoms with Crippen LogP contribution in [-0.2, 0) is 4.79 Å². The van der Waals surface area contributed by atoms with Gasteiger partial charge in [-0.1, -0.05) is 55.0 Å². The zero-order valence-electron chi connectivity index (χ0n) is 19.0. The molecule has 0 aliphatic rings. The average Bonchev–Trinajstić information content (AvgIpc) is 2.79. The first-order chi connectivity index (χ1) is 15.3. The van der Waals surface area contributed by atoms with Crippen LogP contribution < -0.4 is 10.6 Å². The Morgan fingerprint density at radius 3 is 2.38 bits per heavy atom. The minimum atomic E-state index is -1.07. The molecule has 0 aliphatic carbocycles. The topological polar surface area (TPSA) is 78.4 Å². The fourth-order valence-electron chi connectivity index (χ4n) is 3.55. The second kappa shape index (κ2) is 10.1. The van der Waals surface area contributed by atoms with Crippen molar-refractivity contribution in [1.29, 1.82) is 0 Å². The van der Waals surface area contributed by atoms with Gasteiger partial charge in [0.25, 0.3) is 5.91 Å². The Labute approximate surface area is 189 Å². The van der Waals surface area contributed by atoms with Gasteiger partial charge in [-0.2, -0.15) is 0 Å². The maximum atomic E-state index is 12.9. The summed E-state index contributed by atoms with van der Waals surface area (Å²) in [5.41, 5.74) is 5.44. The Morgan fingerprint density at radius 2 is 1.69 bits per heavy atom. The number of aryl methyl sites for hydroxylation is 2. The number of rotatable bonds is 8. The van der Waals surface area contributed by atoms with Crippen molar-refractivity contribution in [3.05, 3.63) is 88.6 Å². The molecule has 166 valence electrons. The van der Waals surface area contributed by atoms with Gasteiger partial charge < -0.3 is 15.7 Å². The van der Waals surface area contributed by atoms with Gasteiger partial charge in [0.2, 0.25) is 0 Å². The number of amides is 1. The van der Waals surface area contributed by atoms with Gasteiger partial charge >= 0.3 is 5.97 Å². The van der Waals surface area contributed by atoms with E-state index in [1.807, 2.05) is 76.2 Å². The molecule has 0 aliphatic heterocycles. The van der Waals surface area contributed by atoms with E-state index in [1.54, 1.807) is 12.1 Å². The maximum absolute atomic E-state index is 12.9. The molecule has 1 unspecified atom stereocenters. The molecule has 3 rings (SSSR count). The van der Waals surface area contributed by atoms with Crippen LogP contribution in [0.1, 0.15) is 48.2 Å². The third-order valence-corrected chi connectivity index (χ3v) is 5.75. The fourth-order valence-corrected chi connectivity index (χ4v) is 3.55. The van der Waals surface area contributed by atoms with Gasteiger partial charge in [-0.15, -0.1) is 0 Å². The van der Waals surface area contributed by atoms with E-state index in [9.17, 15) is 14.7 Å². The molecule has 1 atom stereocenters. The van der Waals surface area contributed by atoms with Gasteiger partial charge in [0, 0.05) is 23.4 Å². The van der Waals surface area contributed by atoms with Crippen LogP contribution >= 0.6 is 0 Å². The summed E-state index contributed by atoms with van der Waals surface area (Å²) in [5, 5.41) is 17.9. The Hall–Kier alpha value is -3.60. The van der Waals surface area contributed by atoms with Crippen LogP contribution in [0.5, 0.6) is 0 Å². The van der Waals surface area contributed by atoms with Crippen molar-refractivity contribution in [3.63, 3.8) is 0 Å². The zero-order chi connectivity index (χ0) is 23.3. The Balaban J connectivity index is 1.83. The lowest BCUT2D eigenvalue weighted by Crippen LogP contribution is -2.41. The van der Waals surface area contributed by atoms with Crippen molar-refractivity contribution >= 4 is 28.3 Å². The zero-order valence-corrected chi connectivity index (χ0v) is 19.0. The first kappa shape index (κ1) is 23.1. The van der Waals surface area contributed by atoms with Crippen LogP contribution in [0.15, 0.2) is 71.9 Å². The van der Waals surface area contributed by atoms with Crippen LogP contribution in [0.3, 0.4) is 0 Å². The number of hydrogen-bond acceptors (Lipinski definition) is 3. The highest BCUT2D eigenvalue weighted by molar-refractivity contribution is 6.00. The van der Waals surface area contributed by atoms with Gasteiger partial charge in [-0.25, -0.2) is 4.79 Å². The summed E-state index contributed by atoms with van der Waals surface area (Å²) in [6, 6.07) is 18.2. The summed E-state index contributed by atoms with van der Waals surface area (Å²) in [5.74, 6) is -1.47. The summed E-state index contributed by atoms with van der Waals surface area (Å²) in [6.07, 6.45) is 0.944. The van der Waals surface area contributed by atoms with Crippen molar-refractivity contribution < 1.29 is 14.7 Å². The summed E-state index contributed by atoms with van der Waals surface area (Å²) in [7, 11) is 0. The SMILES string of the molecule is CCC(C)=C(CC(NC(=O)c1ccc2ccccc2c1)C(=O)O)Nc1cc(C)ccc1C. The number of nitrogens with one attached hydrogen (secondary N) is 2. The molecule has 3 N–H and O–H groups in total. The maximum Gasteiger partial charge on any atom is 0.326 e. The van der Waals surface area contributed by atoms with Crippen molar-refractivity contribution in [3.8, 4) is 0 Å². The molecule has 0 spiro atoms. The first-order valence-electron chi connectivity index (χ1n) is 10.8. The molecule has 3 aromatic carbocycles. The number of benzene rings is 3. The van der Waals surface area contributed by atoms with Gasteiger partial charge in [0.15, 0.2) is 0 Å². The number of carboxylic acid groups (broad SMARTS) is 1. The van der Waals surface area contributed by atoms with E-state index < -0.39 is 17.9 Å². The van der Waals surface area contributed by atoms with E-state index in [-0.39, 0.29) is 6.42 Å². The lowest BCUT2D eigenvalue weighted by atomic mass is 10.0. The number of anilines is 1. The van der Waals surface area contributed by atoms with Gasteiger partial charge in [-0.05, 0) is 67.3 Å². The molecule has 32 heavy (non-hydrogen) atoms. The molecule has 0 bridgehead atoms. The van der Waals surface area contributed by atoms with Crippen LogP contribution in [0, 0.1) is 13.8 Å². The Morgan fingerprint density at radius 1 is 0.969 bits per heavy atom. The largest absolute Gasteiger partial charge is 0.480 e. The summed E-state index contributed by atoms with van der Waals surface area (Å²) < 4.78 is 0. The van der Waals surface area contributed by atoms with Crippen molar-refractivity contribution in [2.75, 3.05) is 5.32 Å². The van der Waals surface area contributed by atoms with Crippen molar-refractivity contribution in [2.24, 2.45) is 0 Å². The molecule has 5 heteroatoms. The van der Waals surface area contributed by atoms with E-state index in [0.717, 1.165) is 45.3 Å². The number of fused-ring (bicyclic) bond motifs is 1. The minimum Gasteiger partial charge on any atom is -0.480 e. The monoisotopic (exact) mass is 430 g/mol. The molecule has 0 heterocycles. The van der Waals surface area contributed by atoms with Crippen molar-refractivity contribution in [2.45, 2.75) is 46.6 Å². The van der Waals surface area contributed by atoms with Crippen molar-refractivity contribution in [1.82, 2.24) is 5.32 Å². The molecule has 0 fully saturated rings. The predicted molar refractivity (Wildman–Crippen MR) is 130 cm³/mol. The first-order valence-corrected chi connectivity index (χ1v) is 10.8. The molecule has 1 amide bonds. The fraction of sp³-hybridized carbons (Fsp3) is 0.259. The third kappa shape index (κ3) is 5.55. The molecule has 0 saturated heterocycles. The van der Waals surface area contributed by atoms with Gasteiger partial charge in [0.1, 0.15) is 6.04 Å². The smallest absolute Gasteiger partial charge is 0.326 e. The number of carbonyl (C=O) groups is 2. The van der Waals surface area contributed by atoms with Crippen LogP contribution in [0.25, 0.3) is 10.8 Å². The standard InChI is InChI=1S/C27H30N2O3/c1-5-18(3)24(28-23-14-17(2)10-11-19(23)4)16-25(27(31)32)29-26(30)22-13-12-20-8-6-7-9-21(20)15-22/h6-15,25,28H,5,16H2,1-4H3,(H,29,30)(H,31,32). The van der Waals surface area contributed by atoms with E-state index in [0.29, 0.717) is 5.56 Å². The molecular formula is C27H30N2O3. The third-order valence-electron chi connectivity index (χ3n) is 5.75. The predicted octanol–water partition coefficient (Wildman–Crippen LogP) is 5.83. The van der Waals surface area contributed by atoms with Crippen LogP contribution in [0.2, 0.25) is 0 Å². The number of hydrogen-bond donors (Lipinski definition) is 3. The van der Waals surface area contributed by atoms with E-state index >= 15 is 0 Å². The minimum absolute atomic E-state index is 0.168. The Kier molecular flexibility index (Phi) is 7.31. The highest BCUT2D eigenvalue weighted by Crippen LogP contribution is 2.23. The molecule has 3 aromatic rings. The molecular weight excluding hydrogens is 400 g/mol. The molecule has 0 saturated carbocycles. The normalized spacial score (nSPS) is 12.8. The molecule has 0 aromatic heterocycles. The highest BCUT2D eigenvalue weighted by Gasteiger charge is 2.23. The second-order valence-electron chi connectivity index (χ2n) is 8.19. The summed E-state index contributed by atoms with van der Waals surface area (Å²) in [6.45, 7) is 8.04. The van der Waals surface area contributed by atoms with E-state index in [4.69, 9.17) is 0 Å². The van der Waals surface area contributed by atoms with Crippen LogP contribution in [-0.4, -0.2) is 23.0 Å².